The number of fused-ring (bicyclic) bond motifs is 5. The number of rotatable bonds is 3. The first kappa shape index (κ1) is 23.1. The molecule has 4 aliphatic rings. The lowest BCUT2D eigenvalue weighted by Gasteiger charge is -2.64. The van der Waals surface area contributed by atoms with Crippen LogP contribution in [-0.4, -0.2) is 43.7 Å². The molecule has 182 valence electrons. The first-order chi connectivity index (χ1) is 15.4. The Balaban J connectivity index is 1.42. The zero-order valence-corrected chi connectivity index (χ0v) is 19.5. The quantitative estimate of drug-likeness (QED) is 0.546. The summed E-state index contributed by atoms with van der Waals surface area (Å²) >= 11 is 0. The van der Waals surface area contributed by atoms with Gasteiger partial charge in [0.25, 0.3) is 0 Å². The molecule has 0 bridgehead atoms. The fraction of sp³-hybridized carbons (Fsp3) is 0.769. The number of carboxylic acids is 1. The number of carboxylic acid groups (broad SMARTS) is 1. The van der Waals surface area contributed by atoms with Crippen molar-refractivity contribution in [1.82, 2.24) is 0 Å². The van der Waals surface area contributed by atoms with E-state index in [-0.39, 0.29) is 40.6 Å². The third-order valence-corrected chi connectivity index (χ3v) is 10.8. The van der Waals surface area contributed by atoms with E-state index in [1.807, 2.05) is 6.07 Å². The zero-order chi connectivity index (χ0) is 23.8. The molecule has 0 saturated heterocycles. The molecular formula is C26H36O7. The lowest BCUT2D eigenvalue weighted by atomic mass is 9.42. The van der Waals surface area contributed by atoms with Crippen LogP contribution in [0.4, 0.5) is 0 Å². The highest BCUT2D eigenvalue weighted by Gasteiger charge is 2.68. The molecule has 1 aromatic rings. The lowest BCUT2D eigenvalue weighted by molar-refractivity contribution is -0.222. The van der Waals surface area contributed by atoms with E-state index in [0.717, 1.165) is 44.1 Å². The summed E-state index contributed by atoms with van der Waals surface area (Å²) in [6.45, 7) is 4.45. The summed E-state index contributed by atoms with van der Waals surface area (Å²) in [4.78, 5) is 22.8. The molecule has 1 unspecified atom stereocenters. The molecule has 4 fully saturated rings. The van der Waals surface area contributed by atoms with Gasteiger partial charge in [-0.05, 0) is 98.5 Å². The molecule has 0 amide bonds. The summed E-state index contributed by atoms with van der Waals surface area (Å²) in [7, 11) is 0. The maximum Gasteiger partial charge on any atom is 0.335 e. The molecule has 4 N–H and O–H groups in total. The minimum absolute atomic E-state index is 0.0952. The summed E-state index contributed by atoms with van der Waals surface area (Å²) in [5, 5.41) is 42.7. The maximum absolute atomic E-state index is 12.3. The van der Waals surface area contributed by atoms with E-state index in [0.29, 0.717) is 18.8 Å². The average Bonchev–Trinajstić information content (AvgIpc) is 3.05. The summed E-state index contributed by atoms with van der Waals surface area (Å²) in [6.07, 6.45) is 6.08. The Morgan fingerprint density at radius 1 is 1.03 bits per heavy atom. The molecule has 1 aromatic heterocycles. The van der Waals surface area contributed by atoms with Gasteiger partial charge in [-0.25, -0.2) is 9.59 Å². The van der Waals surface area contributed by atoms with Crippen molar-refractivity contribution in [1.29, 1.82) is 0 Å². The highest BCUT2D eigenvalue weighted by Crippen LogP contribution is 2.71. The Morgan fingerprint density at radius 3 is 2.45 bits per heavy atom. The van der Waals surface area contributed by atoms with Gasteiger partial charge in [-0.1, -0.05) is 13.8 Å². The third-order valence-electron chi connectivity index (χ3n) is 10.8. The number of hydrogen-bond donors (Lipinski definition) is 4. The minimum Gasteiger partial charge on any atom is -0.479 e. The van der Waals surface area contributed by atoms with Gasteiger partial charge in [0.1, 0.15) is 5.60 Å². The van der Waals surface area contributed by atoms with Gasteiger partial charge in [-0.3, -0.25) is 0 Å². The van der Waals surface area contributed by atoms with Crippen LogP contribution < -0.4 is 5.63 Å². The first-order valence-corrected chi connectivity index (χ1v) is 12.4. The molecule has 4 saturated carbocycles. The summed E-state index contributed by atoms with van der Waals surface area (Å²) in [5.41, 5.74) is -2.17. The van der Waals surface area contributed by atoms with Crippen molar-refractivity contribution in [2.24, 2.45) is 28.6 Å². The summed E-state index contributed by atoms with van der Waals surface area (Å²) in [5.74, 6) is -0.658. The Kier molecular flexibility index (Phi) is 5.17. The Bertz CT molecular complexity index is 984. The van der Waals surface area contributed by atoms with Gasteiger partial charge in [-0.15, -0.1) is 0 Å². The van der Waals surface area contributed by atoms with Gasteiger partial charge >= 0.3 is 11.6 Å². The van der Waals surface area contributed by atoms with Crippen LogP contribution in [0.1, 0.15) is 83.1 Å². The molecule has 0 spiro atoms. The van der Waals surface area contributed by atoms with E-state index in [2.05, 4.69) is 13.8 Å². The predicted molar refractivity (Wildman–Crippen MR) is 119 cm³/mol. The number of carbonyl (C=O) groups is 1. The summed E-state index contributed by atoms with van der Waals surface area (Å²) in [6, 6.07) is 3.30. The van der Waals surface area contributed by atoms with Crippen LogP contribution in [0.2, 0.25) is 0 Å². The van der Waals surface area contributed by atoms with E-state index >= 15 is 0 Å². The highest BCUT2D eigenvalue weighted by atomic mass is 16.4. The van der Waals surface area contributed by atoms with E-state index < -0.39 is 23.3 Å². The second-order valence-corrected chi connectivity index (χ2v) is 11.9. The Hall–Kier alpha value is -1.70. The minimum atomic E-state index is -1.76. The molecular weight excluding hydrogens is 424 g/mol. The first-order valence-electron chi connectivity index (χ1n) is 12.4. The smallest absolute Gasteiger partial charge is 0.335 e. The van der Waals surface area contributed by atoms with Crippen molar-refractivity contribution in [2.75, 3.05) is 0 Å². The maximum atomic E-state index is 12.3. The number of aliphatic hydroxyl groups excluding tert-OH is 1. The van der Waals surface area contributed by atoms with Crippen LogP contribution in [-0.2, 0) is 4.79 Å². The fourth-order valence-electron chi connectivity index (χ4n) is 8.82. The van der Waals surface area contributed by atoms with Gasteiger partial charge in [-0.2, -0.15) is 0 Å². The molecule has 7 heteroatoms. The third kappa shape index (κ3) is 3.11. The molecule has 0 aliphatic heterocycles. The molecule has 5 rings (SSSR count). The van der Waals surface area contributed by atoms with Crippen molar-refractivity contribution in [3.05, 3.63) is 34.4 Å². The lowest BCUT2D eigenvalue weighted by Crippen LogP contribution is -2.63. The zero-order valence-electron chi connectivity index (χ0n) is 19.5. The van der Waals surface area contributed by atoms with Gasteiger partial charge in [0.2, 0.25) is 0 Å². The van der Waals surface area contributed by atoms with Crippen LogP contribution >= 0.6 is 0 Å². The van der Waals surface area contributed by atoms with Gasteiger partial charge in [0, 0.05) is 11.5 Å². The average molecular weight is 461 g/mol. The van der Waals surface area contributed by atoms with Crippen molar-refractivity contribution in [2.45, 2.75) is 94.9 Å². The molecule has 0 radical (unpaired) electrons. The molecule has 9 atom stereocenters. The van der Waals surface area contributed by atoms with Crippen LogP contribution in [0, 0.1) is 28.6 Å². The van der Waals surface area contributed by atoms with E-state index in [1.165, 1.54) is 6.07 Å². The van der Waals surface area contributed by atoms with Crippen LogP contribution in [0.15, 0.2) is 27.6 Å². The normalized spacial score (nSPS) is 47.8. The second-order valence-electron chi connectivity index (χ2n) is 11.9. The molecule has 0 aromatic carbocycles. The number of aliphatic carboxylic acids is 1. The molecule has 7 nitrogen and oxygen atoms in total. The van der Waals surface area contributed by atoms with Crippen LogP contribution in [0.5, 0.6) is 0 Å². The molecule has 33 heavy (non-hydrogen) atoms. The standard InChI is InChI=1S/C26H36O7/c1-23-11-12-25(31,21(28)22(29)30)13-16(23)4-5-19-18(23)7-9-24(2)17(8-10-26(19,24)32)15-3-6-20(27)33-14-15/h3,6,14,16-19,21,28,31-32H,4-5,7-13H2,1-2H3,(H,29,30)/t16-,17-,18+,19-,21?,23+,24-,25+,26+/m1/s1. The van der Waals surface area contributed by atoms with Crippen LogP contribution in [0.25, 0.3) is 0 Å². The fourth-order valence-corrected chi connectivity index (χ4v) is 8.82. The summed E-state index contributed by atoms with van der Waals surface area (Å²) < 4.78 is 5.15. The van der Waals surface area contributed by atoms with Gasteiger partial charge in [0.05, 0.1) is 11.9 Å². The molecule has 4 aliphatic carbocycles. The Labute approximate surface area is 193 Å². The monoisotopic (exact) mass is 460 g/mol. The van der Waals surface area contributed by atoms with Crippen molar-refractivity contribution in [3.8, 4) is 0 Å². The van der Waals surface area contributed by atoms with Gasteiger partial charge < -0.3 is 24.8 Å². The topological polar surface area (TPSA) is 128 Å². The largest absolute Gasteiger partial charge is 0.479 e. The number of hydrogen-bond acceptors (Lipinski definition) is 6. The molecule has 1 heterocycles. The SMILES string of the molecule is C[C@]12CC[C@@](O)(C(O)C(=O)O)C[C@H]1CC[C@@H]1[C@@H]2CC[C@]2(C)[C@@H](c3ccc(=O)oc3)CC[C@]12O. The van der Waals surface area contributed by atoms with Crippen molar-refractivity contribution in [3.63, 3.8) is 0 Å². The van der Waals surface area contributed by atoms with E-state index in [9.17, 15) is 30.0 Å². The second kappa shape index (κ2) is 7.40. The van der Waals surface area contributed by atoms with Crippen molar-refractivity contribution < 1.29 is 29.6 Å². The van der Waals surface area contributed by atoms with Crippen molar-refractivity contribution >= 4 is 5.97 Å². The Morgan fingerprint density at radius 2 is 1.79 bits per heavy atom. The van der Waals surface area contributed by atoms with E-state index in [1.54, 1.807) is 6.26 Å². The van der Waals surface area contributed by atoms with E-state index in [4.69, 9.17) is 4.42 Å². The van der Waals surface area contributed by atoms with Gasteiger partial charge in [0.15, 0.2) is 6.10 Å². The predicted octanol–water partition coefficient (Wildman–Crippen LogP) is 3.06. The highest BCUT2D eigenvalue weighted by molar-refractivity contribution is 5.73. The van der Waals surface area contributed by atoms with Crippen LogP contribution in [0.3, 0.4) is 0 Å². The number of aliphatic hydroxyl groups is 3.